The third kappa shape index (κ3) is 3.36. The molecule has 1 saturated heterocycles. The normalized spacial score (nSPS) is 18.9. The minimum atomic E-state index is -4.29. The highest BCUT2D eigenvalue weighted by molar-refractivity contribution is 7.89. The summed E-state index contributed by atoms with van der Waals surface area (Å²) in [6, 6.07) is 1.29. The fraction of sp³-hybridized carbons (Fsp3) is 0.417. The molecule has 9 heteroatoms. The van der Waals surface area contributed by atoms with Crippen molar-refractivity contribution < 1.29 is 31.8 Å². The van der Waals surface area contributed by atoms with Crippen molar-refractivity contribution in [2.24, 2.45) is 0 Å². The molecule has 0 radical (unpaired) electrons. The number of halogens is 2. The molecule has 1 aromatic rings. The Labute approximate surface area is 119 Å². The van der Waals surface area contributed by atoms with E-state index in [9.17, 15) is 22.0 Å². The van der Waals surface area contributed by atoms with Crippen LogP contribution >= 0.6 is 0 Å². The smallest absolute Gasteiger partial charge is 0.341 e. The molecule has 1 aliphatic heterocycles. The van der Waals surface area contributed by atoms with E-state index in [0.29, 0.717) is 25.2 Å². The Balaban J connectivity index is 2.27. The van der Waals surface area contributed by atoms with Crippen LogP contribution in [0.4, 0.5) is 8.78 Å². The molecule has 2 rings (SSSR count). The molecule has 1 atom stereocenters. The number of ether oxygens (including phenoxy) is 1. The third-order valence-corrected chi connectivity index (χ3v) is 4.53. The average Bonchev–Trinajstić information content (AvgIpc) is 2.88. The number of carboxylic acid groups (broad SMARTS) is 1. The average molecular weight is 321 g/mol. The topological polar surface area (TPSA) is 92.7 Å². The van der Waals surface area contributed by atoms with Gasteiger partial charge in [-0.3, -0.25) is 0 Å². The van der Waals surface area contributed by atoms with Crippen LogP contribution in [-0.2, 0) is 14.8 Å². The van der Waals surface area contributed by atoms with Crippen LogP contribution < -0.4 is 4.72 Å². The van der Waals surface area contributed by atoms with Crippen molar-refractivity contribution in [3.8, 4) is 0 Å². The number of benzene rings is 1. The Bertz CT molecular complexity index is 656. The van der Waals surface area contributed by atoms with Gasteiger partial charge in [-0.1, -0.05) is 0 Å². The van der Waals surface area contributed by atoms with E-state index in [2.05, 4.69) is 4.72 Å². The van der Waals surface area contributed by atoms with Gasteiger partial charge in [-0.15, -0.1) is 0 Å². The quantitative estimate of drug-likeness (QED) is 0.848. The SMILES string of the molecule is O=C(O)c1c(F)ccc(S(=O)(=O)NCC2CCCO2)c1F. The van der Waals surface area contributed by atoms with Crippen LogP contribution in [0.2, 0.25) is 0 Å². The number of sulfonamides is 1. The number of carbonyl (C=O) groups is 1. The van der Waals surface area contributed by atoms with Crippen LogP contribution in [0.5, 0.6) is 0 Å². The molecule has 21 heavy (non-hydrogen) atoms. The highest BCUT2D eigenvalue weighted by Gasteiger charge is 2.28. The summed E-state index contributed by atoms with van der Waals surface area (Å²) >= 11 is 0. The standard InChI is InChI=1S/C12H13F2NO5S/c13-8-3-4-9(11(14)10(8)12(16)17)21(18,19)15-6-7-2-1-5-20-7/h3-4,7,15H,1-2,5-6H2,(H,16,17). The van der Waals surface area contributed by atoms with E-state index in [1.54, 1.807) is 0 Å². The Hall–Kier alpha value is -1.58. The van der Waals surface area contributed by atoms with E-state index in [-0.39, 0.29) is 12.6 Å². The van der Waals surface area contributed by atoms with Crippen molar-refractivity contribution >= 4 is 16.0 Å². The number of hydrogen-bond donors (Lipinski definition) is 2. The molecule has 1 unspecified atom stereocenters. The third-order valence-electron chi connectivity index (χ3n) is 3.08. The second kappa shape index (κ2) is 6.04. The van der Waals surface area contributed by atoms with Gasteiger partial charge in [0.25, 0.3) is 0 Å². The second-order valence-electron chi connectivity index (χ2n) is 4.53. The van der Waals surface area contributed by atoms with Gasteiger partial charge in [-0.2, -0.15) is 0 Å². The number of carboxylic acids is 1. The molecule has 0 saturated carbocycles. The molecule has 0 aromatic heterocycles. The zero-order chi connectivity index (χ0) is 15.6. The van der Waals surface area contributed by atoms with Gasteiger partial charge in [0.1, 0.15) is 16.3 Å². The predicted molar refractivity (Wildman–Crippen MR) is 67.5 cm³/mol. The molecule has 0 bridgehead atoms. The van der Waals surface area contributed by atoms with Crippen LogP contribution in [-0.4, -0.2) is 38.7 Å². The van der Waals surface area contributed by atoms with Crippen molar-refractivity contribution in [3.05, 3.63) is 29.3 Å². The number of nitrogens with one attached hydrogen (secondary N) is 1. The van der Waals surface area contributed by atoms with E-state index < -0.39 is 38.1 Å². The summed E-state index contributed by atoms with van der Waals surface area (Å²) in [7, 11) is -4.29. The van der Waals surface area contributed by atoms with Gasteiger partial charge < -0.3 is 9.84 Å². The summed E-state index contributed by atoms with van der Waals surface area (Å²) in [6.07, 6.45) is 1.18. The van der Waals surface area contributed by atoms with Crippen LogP contribution in [0, 0.1) is 11.6 Å². The maximum Gasteiger partial charge on any atom is 0.341 e. The Kier molecular flexibility index (Phi) is 4.55. The van der Waals surface area contributed by atoms with Crippen LogP contribution in [0.1, 0.15) is 23.2 Å². The van der Waals surface area contributed by atoms with Gasteiger partial charge in [-0.25, -0.2) is 26.7 Å². The first-order chi connectivity index (χ1) is 9.83. The molecular weight excluding hydrogens is 308 g/mol. The Morgan fingerprint density at radius 3 is 2.71 bits per heavy atom. The molecule has 116 valence electrons. The monoisotopic (exact) mass is 321 g/mol. The van der Waals surface area contributed by atoms with E-state index in [4.69, 9.17) is 9.84 Å². The first kappa shape index (κ1) is 15.8. The lowest BCUT2D eigenvalue weighted by Gasteiger charge is -2.12. The highest BCUT2D eigenvalue weighted by Crippen LogP contribution is 2.21. The molecule has 1 fully saturated rings. The number of hydrogen-bond acceptors (Lipinski definition) is 4. The summed E-state index contributed by atoms with van der Waals surface area (Å²) in [5, 5.41) is 8.72. The fourth-order valence-corrected chi connectivity index (χ4v) is 3.17. The van der Waals surface area contributed by atoms with Crippen molar-refractivity contribution in [3.63, 3.8) is 0 Å². The molecule has 0 amide bonds. The molecule has 0 spiro atoms. The summed E-state index contributed by atoms with van der Waals surface area (Å²) in [4.78, 5) is 9.87. The lowest BCUT2D eigenvalue weighted by atomic mass is 10.2. The van der Waals surface area contributed by atoms with Gasteiger partial charge in [-0.05, 0) is 25.0 Å². The van der Waals surface area contributed by atoms with Crippen LogP contribution in [0.25, 0.3) is 0 Å². The van der Waals surface area contributed by atoms with Crippen molar-refractivity contribution in [2.45, 2.75) is 23.8 Å². The van der Waals surface area contributed by atoms with Crippen molar-refractivity contribution in [1.29, 1.82) is 0 Å². The zero-order valence-corrected chi connectivity index (χ0v) is 11.6. The van der Waals surface area contributed by atoms with Crippen molar-refractivity contribution in [2.75, 3.05) is 13.2 Å². The first-order valence-corrected chi connectivity index (χ1v) is 7.64. The maximum atomic E-state index is 13.9. The van der Waals surface area contributed by atoms with E-state index >= 15 is 0 Å². The molecule has 1 aromatic carbocycles. The van der Waals surface area contributed by atoms with Crippen molar-refractivity contribution in [1.82, 2.24) is 4.72 Å². The lowest BCUT2D eigenvalue weighted by molar-refractivity contribution is 0.0685. The molecule has 6 nitrogen and oxygen atoms in total. The summed E-state index contributed by atoms with van der Waals surface area (Å²) < 4.78 is 58.5. The Morgan fingerprint density at radius 1 is 1.43 bits per heavy atom. The lowest BCUT2D eigenvalue weighted by Crippen LogP contribution is -2.32. The second-order valence-corrected chi connectivity index (χ2v) is 6.26. The largest absolute Gasteiger partial charge is 0.477 e. The minimum Gasteiger partial charge on any atom is -0.477 e. The highest BCUT2D eigenvalue weighted by atomic mass is 32.2. The van der Waals surface area contributed by atoms with Gasteiger partial charge in [0.2, 0.25) is 10.0 Å². The predicted octanol–water partition coefficient (Wildman–Crippen LogP) is 1.12. The number of aromatic carboxylic acids is 1. The molecule has 2 N–H and O–H groups in total. The Morgan fingerprint density at radius 2 is 2.14 bits per heavy atom. The number of rotatable bonds is 5. The van der Waals surface area contributed by atoms with Gasteiger partial charge >= 0.3 is 5.97 Å². The first-order valence-electron chi connectivity index (χ1n) is 6.15. The summed E-state index contributed by atoms with van der Waals surface area (Å²) in [5.74, 6) is -4.83. The summed E-state index contributed by atoms with van der Waals surface area (Å²) in [5.41, 5.74) is -1.30. The van der Waals surface area contributed by atoms with Crippen LogP contribution in [0.3, 0.4) is 0 Å². The minimum absolute atomic E-state index is 0.0540. The molecule has 0 aliphatic carbocycles. The molecule has 1 heterocycles. The van der Waals surface area contributed by atoms with E-state index in [1.165, 1.54) is 0 Å². The zero-order valence-electron chi connectivity index (χ0n) is 10.8. The molecule has 1 aliphatic rings. The fourth-order valence-electron chi connectivity index (χ4n) is 2.02. The van der Waals surface area contributed by atoms with E-state index in [1.807, 2.05) is 0 Å². The van der Waals surface area contributed by atoms with Gasteiger partial charge in [0.05, 0.1) is 6.10 Å². The maximum absolute atomic E-state index is 13.9. The summed E-state index contributed by atoms with van der Waals surface area (Å²) in [6.45, 7) is 0.474. The van der Waals surface area contributed by atoms with Gasteiger partial charge in [0.15, 0.2) is 5.82 Å². The molecular formula is C12H13F2NO5S. The van der Waals surface area contributed by atoms with Gasteiger partial charge in [0, 0.05) is 13.2 Å². The van der Waals surface area contributed by atoms with E-state index in [0.717, 1.165) is 6.42 Å². The van der Waals surface area contributed by atoms with Crippen LogP contribution in [0.15, 0.2) is 17.0 Å².